The van der Waals surface area contributed by atoms with Crippen LogP contribution < -0.4 is 4.74 Å². The van der Waals surface area contributed by atoms with Gasteiger partial charge < -0.3 is 4.74 Å². The molecule has 0 spiro atoms. The van der Waals surface area contributed by atoms with Crippen LogP contribution in [0.3, 0.4) is 0 Å². The van der Waals surface area contributed by atoms with Gasteiger partial charge in [0.05, 0.1) is 7.11 Å². The zero-order valence-corrected chi connectivity index (χ0v) is 11.1. The Morgan fingerprint density at radius 2 is 1.89 bits per heavy atom. The Bertz CT molecular complexity index is 726. The van der Waals surface area contributed by atoms with Gasteiger partial charge in [0.2, 0.25) is 0 Å². The molecule has 0 atom stereocenters. The Kier molecular flexibility index (Phi) is 3.05. The summed E-state index contributed by atoms with van der Waals surface area (Å²) in [6.07, 6.45) is 1.71. The molecule has 0 saturated carbocycles. The van der Waals surface area contributed by atoms with E-state index in [0.29, 0.717) is 10.8 Å². The fraction of sp³-hybridized carbons (Fsp3) is 0.0667. The summed E-state index contributed by atoms with van der Waals surface area (Å²) in [5.74, 6) is 0.825. The van der Waals surface area contributed by atoms with E-state index >= 15 is 0 Å². The summed E-state index contributed by atoms with van der Waals surface area (Å²) in [6, 6.07) is 13.6. The van der Waals surface area contributed by atoms with Crippen LogP contribution in [0.5, 0.6) is 5.75 Å². The second kappa shape index (κ2) is 4.86. The van der Waals surface area contributed by atoms with Crippen LogP contribution >= 0.6 is 11.6 Å². The van der Waals surface area contributed by atoms with E-state index in [9.17, 15) is 0 Å². The predicted molar refractivity (Wildman–Crippen MR) is 76.5 cm³/mol. The highest BCUT2D eigenvalue weighted by Crippen LogP contribution is 2.30. The molecule has 3 aromatic rings. The lowest BCUT2D eigenvalue weighted by Crippen LogP contribution is -1.89. The molecule has 0 aliphatic heterocycles. The minimum atomic E-state index is 0.442. The summed E-state index contributed by atoms with van der Waals surface area (Å²) in [5.41, 5.74) is 2.73. The molecule has 0 aliphatic rings. The molecule has 0 radical (unpaired) electrons. The minimum Gasteiger partial charge on any atom is -0.497 e. The Hall–Kier alpha value is -2.13. The molecule has 0 fully saturated rings. The molecule has 19 heavy (non-hydrogen) atoms. The molecule has 1 aromatic carbocycles. The van der Waals surface area contributed by atoms with E-state index in [0.717, 1.165) is 22.3 Å². The summed E-state index contributed by atoms with van der Waals surface area (Å²) >= 11 is 6.06. The highest BCUT2D eigenvalue weighted by molar-refractivity contribution is 6.30. The molecule has 2 aromatic heterocycles. The highest BCUT2D eigenvalue weighted by atomic mass is 35.5. The molecule has 3 rings (SSSR count). The first kappa shape index (κ1) is 11.9. The normalized spacial score (nSPS) is 10.6. The molecule has 2 heterocycles. The lowest BCUT2D eigenvalue weighted by Gasteiger charge is -2.07. The van der Waals surface area contributed by atoms with Gasteiger partial charge in [-0.15, -0.1) is 0 Å². The van der Waals surface area contributed by atoms with Crippen molar-refractivity contribution in [2.24, 2.45) is 0 Å². The van der Waals surface area contributed by atoms with Crippen molar-refractivity contribution in [1.29, 1.82) is 0 Å². The Balaban J connectivity index is 2.22. The first-order valence-corrected chi connectivity index (χ1v) is 6.21. The number of pyridine rings is 2. The lowest BCUT2D eigenvalue weighted by molar-refractivity contribution is 0.415. The molecule has 0 unspecified atom stereocenters. The van der Waals surface area contributed by atoms with Gasteiger partial charge in [-0.3, -0.25) is 0 Å². The van der Waals surface area contributed by atoms with E-state index in [1.807, 2.05) is 42.5 Å². The van der Waals surface area contributed by atoms with Gasteiger partial charge in [0, 0.05) is 11.6 Å². The van der Waals surface area contributed by atoms with Gasteiger partial charge in [-0.05, 0) is 41.5 Å². The van der Waals surface area contributed by atoms with E-state index in [-0.39, 0.29) is 0 Å². The summed E-state index contributed by atoms with van der Waals surface area (Å²) in [6.45, 7) is 0. The maximum absolute atomic E-state index is 6.06. The topological polar surface area (TPSA) is 35.0 Å². The molecule has 0 N–H and O–H groups in total. The monoisotopic (exact) mass is 270 g/mol. The number of rotatable bonds is 2. The van der Waals surface area contributed by atoms with Crippen LogP contribution in [0.15, 0.2) is 48.7 Å². The number of hydrogen-bond acceptors (Lipinski definition) is 3. The Morgan fingerprint density at radius 1 is 1.11 bits per heavy atom. The van der Waals surface area contributed by atoms with Gasteiger partial charge in [-0.2, -0.15) is 0 Å². The number of halogens is 1. The Labute approximate surface area is 115 Å². The van der Waals surface area contributed by atoms with E-state index in [1.54, 1.807) is 13.3 Å². The van der Waals surface area contributed by atoms with Crippen molar-refractivity contribution in [1.82, 2.24) is 9.97 Å². The fourth-order valence-corrected chi connectivity index (χ4v) is 2.23. The van der Waals surface area contributed by atoms with E-state index in [2.05, 4.69) is 9.97 Å². The number of nitrogens with zero attached hydrogens (tertiary/aromatic N) is 2. The number of methoxy groups -OCH3 is 1. The number of aromatic nitrogens is 2. The van der Waals surface area contributed by atoms with E-state index in [4.69, 9.17) is 16.3 Å². The van der Waals surface area contributed by atoms with Gasteiger partial charge in [-0.25, -0.2) is 9.97 Å². The van der Waals surface area contributed by atoms with Crippen molar-refractivity contribution in [3.63, 3.8) is 0 Å². The number of benzene rings is 1. The van der Waals surface area contributed by atoms with Gasteiger partial charge in [0.25, 0.3) is 0 Å². The van der Waals surface area contributed by atoms with Crippen LogP contribution in [0.2, 0.25) is 5.15 Å². The highest BCUT2D eigenvalue weighted by Gasteiger charge is 2.07. The van der Waals surface area contributed by atoms with Crippen molar-refractivity contribution < 1.29 is 4.74 Å². The van der Waals surface area contributed by atoms with Gasteiger partial charge in [0.15, 0.2) is 5.65 Å². The van der Waals surface area contributed by atoms with Crippen molar-refractivity contribution in [3.05, 3.63) is 53.8 Å². The summed E-state index contributed by atoms with van der Waals surface area (Å²) in [7, 11) is 1.65. The standard InChI is InChI=1S/C15H11ClN2O/c1-19-11-6-4-10(5-7-11)13-9-14(16)18-15-12(13)3-2-8-17-15/h2-9H,1H3. The van der Waals surface area contributed by atoms with Gasteiger partial charge in [-0.1, -0.05) is 23.7 Å². The smallest absolute Gasteiger partial charge is 0.161 e. The summed E-state index contributed by atoms with van der Waals surface area (Å²) < 4.78 is 5.17. The molecule has 4 heteroatoms. The van der Waals surface area contributed by atoms with Crippen LogP contribution in [-0.4, -0.2) is 17.1 Å². The third-order valence-electron chi connectivity index (χ3n) is 2.95. The van der Waals surface area contributed by atoms with Crippen molar-refractivity contribution >= 4 is 22.6 Å². The SMILES string of the molecule is COc1ccc(-c2cc(Cl)nc3ncccc23)cc1. The zero-order chi connectivity index (χ0) is 13.2. The van der Waals surface area contributed by atoms with Crippen LogP contribution in [-0.2, 0) is 0 Å². The van der Waals surface area contributed by atoms with Crippen molar-refractivity contribution in [2.75, 3.05) is 7.11 Å². The molecular weight excluding hydrogens is 260 g/mol. The van der Waals surface area contributed by atoms with Gasteiger partial charge >= 0.3 is 0 Å². The molecule has 3 nitrogen and oxygen atoms in total. The maximum Gasteiger partial charge on any atom is 0.161 e. The second-order valence-corrected chi connectivity index (χ2v) is 4.48. The molecule has 0 saturated heterocycles. The molecule has 0 amide bonds. The number of hydrogen-bond donors (Lipinski definition) is 0. The quantitative estimate of drug-likeness (QED) is 0.661. The van der Waals surface area contributed by atoms with E-state index in [1.165, 1.54) is 0 Å². The molecule has 0 aliphatic carbocycles. The average molecular weight is 271 g/mol. The Morgan fingerprint density at radius 3 is 2.63 bits per heavy atom. The van der Waals surface area contributed by atoms with Crippen LogP contribution in [0.1, 0.15) is 0 Å². The fourth-order valence-electron chi connectivity index (χ4n) is 2.04. The van der Waals surface area contributed by atoms with Crippen LogP contribution in [0, 0.1) is 0 Å². The van der Waals surface area contributed by atoms with Crippen molar-refractivity contribution in [2.45, 2.75) is 0 Å². The zero-order valence-electron chi connectivity index (χ0n) is 10.3. The molecule has 94 valence electrons. The largest absolute Gasteiger partial charge is 0.497 e. The number of ether oxygens (including phenoxy) is 1. The summed E-state index contributed by atoms with van der Waals surface area (Å²) in [4.78, 5) is 8.47. The van der Waals surface area contributed by atoms with E-state index < -0.39 is 0 Å². The minimum absolute atomic E-state index is 0.442. The molecule has 0 bridgehead atoms. The first-order chi connectivity index (χ1) is 9.28. The third kappa shape index (κ3) is 2.25. The van der Waals surface area contributed by atoms with Crippen LogP contribution in [0.25, 0.3) is 22.2 Å². The molecular formula is C15H11ClN2O. The third-order valence-corrected chi connectivity index (χ3v) is 3.15. The second-order valence-electron chi connectivity index (χ2n) is 4.10. The predicted octanol–water partition coefficient (Wildman–Crippen LogP) is 3.96. The first-order valence-electron chi connectivity index (χ1n) is 5.83. The van der Waals surface area contributed by atoms with Crippen LogP contribution in [0.4, 0.5) is 0 Å². The average Bonchev–Trinajstić information content (AvgIpc) is 2.46. The van der Waals surface area contributed by atoms with Gasteiger partial charge in [0.1, 0.15) is 10.9 Å². The number of fused-ring (bicyclic) bond motifs is 1. The lowest BCUT2D eigenvalue weighted by atomic mass is 10.0. The summed E-state index contributed by atoms with van der Waals surface area (Å²) in [5, 5.41) is 1.43. The van der Waals surface area contributed by atoms with Crippen molar-refractivity contribution in [3.8, 4) is 16.9 Å². The maximum atomic E-state index is 6.06.